The van der Waals surface area contributed by atoms with E-state index in [1.807, 2.05) is 42.7 Å². The average Bonchev–Trinajstić information content (AvgIpc) is 2.73. The molecule has 84 valence electrons. The second-order valence-corrected chi connectivity index (χ2v) is 4.09. The molecule has 0 aliphatic carbocycles. The van der Waals surface area contributed by atoms with Crippen LogP contribution >= 0.6 is 0 Å². The Hall–Kier alpha value is -2.29. The van der Waals surface area contributed by atoms with Crippen molar-refractivity contribution in [2.45, 2.75) is 6.42 Å². The number of hydrogen-bond donors (Lipinski definition) is 1. The zero-order chi connectivity index (χ0) is 11.7. The normalized spacial score (nSPS) is 10.8. The van der Waals surface area contributed by atoms with E-state index in [2.05, 4.69) is 21.5 Å². The number of anilines is 1. The SMILES string of the molecule is Nc1ccn2c(Cc3ccccc3)ncc2c1. The lowest BCUT2D eigenvalue weighted by Crippen LogP contribution is -1.96. The molecule has 0 aliphatic rings. The molecule has 0 atom stereocenters. The van der Waals surface area contributed by atoms with Crippen molar-refractivity contribution in [3.05, 3.63) is 66.2 Å². The summed E-state index contributed by atoms with van der Waals surface area (Å²) in [6.07, 6.45) is 4.66. The predicted octanol–water partition coefficient (Wildman–Crippen LogP) is 2.51. The molecule has 1 aromatic carbocycles. The molecule has 17 heavy (non-hydrogen) atoms. The number of imidazole rings is 1. The Morgan fingerprint density at radius 3 is 2.76 bits per heavy atom. The van der Waals surface area contributed by atoms with Gasteiger partial charge >= 0.3 is 0 Å². The molecule has 0 amide bonds. The quantitative estimate of drug-likeness (QED) is 0.725. The van der Waals surface area contributed by atoms with Crippen LogP contribution in [-0.4, -0.2) is 9.38 Å². The number of nitrogens with two attached hydrogens (primary N) is 1. The van der Waals surface area contributed by atoms with E-state index >= 15 is 0 Å². The third-order valence-corrected chi connectivity index (χ3v) is 2.84. The molecule has 2 heterocycles. The van der Waals surface area contributed by atoms with Gasteiger partial charge in [0.2, 0.25) is 0 Å². The van der Waals surface area contributed by atoms with Crippen LogP contribution in [0.15, 0.2) is 54.9 Å². The van der Waals surface area contributed by atoms with Crippen molar-refractivity contribution in [2.75, 3.05) is 5.73 Å². The minimum atomic E-state index is 0.767. The fourth-order valence-corrected chi connectivity index (χ4v) is 1.98. The number of nitrogen functional groups attached to an aromatic ring is 1. The number of hydrogen-bond acceptors (Lipinski definition) is 2. The molecule has 3 heteroatoms. The lowest BCUT2D eigenvalue weighted by Gasteiger charge is -2.02. The number of aromatic nitrogens is 2. The van der Waals surface area contributed by atoms with Crippen LogP contribution in [0.25, 0.3) is 5.52 Å². The maximum atomic E-state index is 5.74. The standard InChI is InChI=1S/C14H13N3/c15-12-6-7-17-13(9-12)10-16-14(17)8-11-4-2-1-3-5-11/h1-7,9-10H,8,15H2. The van der Waals surface area contributed by atoms with Crippen molar-refractivity contribution < 1.29 is 0 Å². The van der Waals surface area contributed by atoms with Gasteiger partial charge in [-0.1, -0.05) is 30.3 Å². The smallest absolute Gasteiger partial charge is 0.117 e. The van der Waals surface area contributed by atoms with Crippen molar-refractivity contribution in [3.63, 3.8) is 0 Å². The molecular weight excluding hydrogens is 210 g/mol. The number of pyridine rings is 1. The van der Waals surface area contributed by atoms with Gasteiger partial charge in [-0.25, -0.2) is 4.98 Å². The molecule has 0 unspecified atom stereocenters. The molecule has 0 fully saturated rings. The van der Waals surface area contributed by atoms with E-state index in [1.165, 1.54) is 5.56 Å². The molecule has 0 radical (unpaired) electrons. The van der Waals surface area contributed by atoms with E-state index in [0.29, 0.717) is 0 Å². The lowest BCUT2D eigenvalue weighted by atomic mass is 10.1. The van der Waals surface area contributed by atoms with Gasteiger partial charge in [0.25, 0.3) is 0 Å². The summed E-state index contributed by atoms with van der Waals surface area (Å²) in [5.41, 5.74) is 8.81. The summed E-state index contributed by atoms with van der Waals surface area (Å²) in [6.45, 7) is 0. The van der Waals surface area contributed by atoms with Gasteiger partial charge in [-0.05, 0) is 17.7 Å². The first kappa shape index (κ1) is 9.90. The van der Waals surface area contributed by atoms with E-state index in [1.54, 1.807) is 0 Å². The highest BCUT2D eigenvalue weighted by molar-refractivity contribution is 5.56. The Bertz CT molecular complexity index is 641. The molecule has 3 nitrogen and oxygen atoms in total. The minimum absolute atomic E-state index is 0.767. The summed E-state index contributed by atoms with van der Waals surface area (Å²) in [4.78, 5) is 4.44. The third kappa shape index (κ3) is 1.87. The second-order valence-electron chi connectivity index (χ2n) is 4.09. The van der Waals surface area contributed by atoms with Gasteiger partial charge in [0.05, 0.1) is 11.7 Å². The van der Waals surface area contributed by atoms with E-state index in [0.717, 1.165) is 23.4 Å². The fraction of sp³-hybridized carbons (Fsp3) is 0.0714. The highest BCUT2D eigenvalue weighted by atomic mass is 15.0. The van der Waals surface area contributed by atoms with Crippen molar-refractivity contribution in [2.24, 2.45) is 0 Å². The van der Waals surface area contributed by atoms with Gasteiger partial charge in [0, 0.05) is 18.3 Å². The van der Waals surface area contributed by atoms with Crippen molar-refractivity contribution in [1.29, 1.82) is 0 Å². The van der Waals surface area contributed by atoms with Crippen LogP contribution in [0.1, 0.15) is 11.4 Å². The zero-order valence-electron chi connectivity index (χ0n) is 9.38. The van der Waals surface area contributed by atoms with Gasteiger partial charge < -0.3 is 10.1 Å². The molecule has 3 rings (SSSR count). The van der Waals surface area contributed by atoms with Crippen LogP contribution in [0.3, 0.4) is 0 Å². The van der Waals surface area contributed by atoms with Crippen LogP contribution < -0.4 is 5.73 Å². The van der Waals surface area contributed by atoms with Gasteiger partial charge in [-0.3, -0.25) is 0 Å². The highest BCUT2D eigenvalue weighted by Gasteiger charge is 2.04. The van der Waals surface area contributed by atoms with E-state index in [4.69, 9.17) is 5.73 Å². The van der Waals surface area contributed by atoms with Crippen LogP contribution in [0.4, 0.5) is 5.69 Å². The van der Waals surface area contributed by atoms with E-state index in [9.17, 15) is 0 Å². The van der Waals surface area contributed by atoms with Gasteiger partial charge in [0.15, 0.2) is 0 Å². The first-order valence-corrected chi connectivity index (χ1v) is 5.58. The predicted molar refractivity (Wildman–Crippen MR) is 68.9 cm³/mol. The largest absolute Gasteiger partial charge is 0.399 e. The van der Waals surface area contributed by atoms with Gasteiger partial charge in [-0.2, -0.15) is 0 Å². The van der Waals surface area contributed by atoms with Gasteiger partial charge in [-0.15, -0.1) is 0 Å². The van der Waals surface area contributed by atoms with Crippen molar-refractivity contribution >= 4 is 11.2 Å². The summed E-state index contributed by atoms with van der Waals surface area (Å²) in [7, 11) is 0. The summed E-state index contributed by atoms with van der Waals surface area (Å²) in [5, 5.41) is 0. The maximum absolute atomic E-state index is 5.74. The van der Waals surface area contributed by atoms with Crippen molar-refractivity contribution in [1.82, 2.24) is 9.38 Å². The third-order valence-electron chi connectivity index (χ3n) is 2.84. The molecule has 0 saturated heterocycles. The second kappa shape index (κ2) is 3.94. The Kier molecular flexibility index (Phi) is 2.29. The first-order chi connectivity index (χ1) is 8.33. The molecule has 0 spiro atoms. The zero-order valence-corrected chi connectivity index (χ0v) is 9.38. The molecule has 0 saturated carbocycles. The molecule has 0 aliphatic heterocycles. The molecule has 3 aromatic rings. The van der Waals surface area contributed by atoms with Crippen LogP contribution in [-0.2, 0) is 6.42 Å². The molecule has 2 N–H and O–H groups in total. The Morgan fingerprint density at radius 2 is 1.94 bits per heavy atom. The molecular formula is C14H13N3. The topological polar surface area (TPSA) is 43.3 Å². The van der Waals surface area contributed by atoms with Gasteiger partial charge in [0.1, 0.15) is 5.82 Å². The average molecular weight is 223 g/mol. The number of rotatable bonds is 2. The molecule has 2 aromatic heterocycles. The highest BCUT2D eigenvalue weighted by Crippen LogP contribution is 2.14. The van der Waals surface area contributed by atoms with Crippen LogP contribution in [0.2, 0.25) is 0 Å². The lowest BCUT2D eigenvalue weighted by molar-refractivity contribution is 0.962. The molecule has 0 bridgehead atoms. The summed E-state index contributed by atoms with van der Waals surface area (Å²) >= 11 is 0. The fourth-order valence-electron chi connectivity index (χ4n) is 1.98. The summed E-state index contributed by atoms with van der Waals surface area (Å²) < 4.78 is 2.07. The number of nitrogens with zero attached hydrogens (tertiary/aromatic N) is 2. The van der Waals surface area contributed by atoms with Crippen LogP contribution in [0.5, 0.6) is 0 Å². The number of fused-ring (bicyclic) bond motifs is 1. The van der Waals surface area contributed by atoms with Crippen molar-refractivity contribution in [3.8, 4) is 0 Å². The maximum Gasteiger partial charge on any atom is 0.117 e. The Labute approximate surface area is 99.5 Å². The first-order valence-electron chi connectivity index (χ1n) is 5.58. The van der Waals surface area contributed by atoms with Crippen LogP contribution in [0, 0.1) is 0 Å². The van der Waals surface area contributed by atoms with E-state index < -0.39 is 0 Å². The Morgan fingerprint density at radius 1 is 1.12 bits per heavy atom. The minimum Gasteiger partial charge on any atom is -0.399 e. The number of benzene rings is 1. The Balaban J connectivity index is 2.01. The summed E-state index contributed by atoms with van der Waals surface area (Å²) in [5.74, 6) is 1.03. The van der Waals surface area contributed by atoms with E-state index in [-0.39, 0.29) is 0 Å². The summed E-state index contributed by atoms with van der Waals surface area (Å²) in [6, 6.07) is 14.2. The monoisotopic (exact) mass is 223 g/mol.